The van der Waals surface area contributed by atoms with Crippen molar-refractivity contribution in [3.05, 3.63) is 59.8 Å². The van der Waals surface area contributed by atoms with Gasteiger partial charge in [0.05, 0.1) is 19.5 Å². The van der Waals surface area contributed by atoms with E-state index in [0.29, 0.717) is 55.1 Å². The average molecular weight is 700 g/mol. The number of aromatic nitrogens is 3. The highest BCUT2D eigenvalue weighted by atomic mass is 19.1. The van der Waals surface area contributed by atoms with Gasteiger partial charge < -0.3 is 14.4 Å². The molecule has 1 saturated heterocycles. The third kappa shape index (κ3) is 6.99. The molecule has 2 bridgehead atoms. The molecule has 9 nitrogen and oxygen atoms in total. The Bertz CT molecular complexity index is 1720. The summed E-state index contributed by atoms with van der Waals surface area (Å²) in [7, 11) is 1.72. The van der Waals surface area contributed by atoms with Gasteiger partial charge in [-0.2, -0.15) is 5.10 Å². The van der Waals surface area contributed by atoms with Gasteiger partial charge in [-0.1, -0.05) is 19.1 Å². The summed E-state index contributed by atoms with van der Waals surface area (Å²) in [5, 5.41) is 4.44. The summed E-state index contributed by atoms with van der Waals surface area (Å²) in [6.07, 6.45) is 14.4. The molecule has 10 heteroatoms. The topological polar surface area (TPSA) is 89.8 Å². The molecule has 4 aliphatic carbocycles. The van der Waals surface area contributed by atoms with Gasteiger partial charge in [0.15, 0.2) is 0 Å². The summed E-state index contributed by atoms with van der Waals surface area (Å²) in [5.41, 5.74) is 3.74. The predicted molar refractivity (Wildman–Crippen MR) is 195 cm³/mol. The van der Waals surface area contributed by atoms with Crippen LogP contribution >= 0.6 is 0 Å². The van der Waals surface area contributed by atoms with E-state index in [1.54, 1.807) is 24.3 Å². The number of fused-ring (bicyclic) bond motifs is 3. The summed E-state index contributed by atoms with van der Waals surface area (Å²) in [6, 6.07) is 8.52. The molecule has 0 spiro atoms. The van der Waals surface area contributed by atoms with Crippen LogP contribution in [0.4, 0.5) is 15.0 Å². The van der Waals surface area contributed by atoms with Gasteiger partial charge in [0, 0.05) is 48.9 Å². The molecule has 1 aromatic carbocycles. The third-order valence-corrected chi connectivity index (χ3v) is 12.8. The van der Waals surface area contributed by atoms with E-state index in [4.69, 9.17) is 9.47 Å². The number of carbonyl (C=O) groups is 2. The van der Waals surface area contributed by atoms with E-state index in [-0.39, 0.29) is 40.9 Å². The van der Waals surface area contributed by atoms with E-state index in [2.05, 4.69) is 42.1 Å². The second kappa shape index (κ2) is 14.2. The second-order valence-corrected chi connectivity index (χ2v) is 16.3. The van der Waals surface area contributed by atoms with Crippen LogP contribution in [-0.2, 0) is 14.9 Å². The molecular formula is C41H54FN5O4. The third-order valence-electron chi connectivity index (χ3n) is 12.8. The molecule has 0 radical (unpaired) electrons. The van der Waals surface area contributed by atoms with Crippen LogP contribution in [0.3, 0.4) is 0 Å². The lowest BCUT2D eigenvalue weighted by Crippen LogP contribution is -2.52. The Balaban J connectivity index is 1.10. The smallest absolute Gasteiger partial charge is 0.410 e. The minimum Gasteiger partial charge on any atom is -0.496 e. The van der Waals surface area contributed by atoms with Crippen LogP contribution in [0.5, 0.6) is 5.75 Å². The van der Waals surface area contributed by atoms with Crippen LogP contribution in [0.25, 0.3) is 11.1 Å². The van der Waals surface area contributed by atoms with Crippen molar-refractivity contribution in [1.29, 1.82) is 0 Å². The number of anilines is 1. The summed E-state index contributed by atoms with van der Waals surface area (Å²) in [5.74, 6) is 1.38. The van der Waals surface area contributed by atoms with Gasteiger partial charge in [-0.15, -0.1) is 0 Å². The van der Waals surface area contributed by atoms with Gasteiger partial charge >= 0.3 is 6.09 Å². The zero-order valence-corrected chi connectivity index (χ0v) is 31.0. The molecule has 274 valence electrons. The molecule has 8 rings (SSSR count). The Hall–Kier alpha value is -3.95. The minimum atomic E-state index is -0.433. The highest BCUT2D eigenvalue weighted by Crippen LogP contribution is 2.58. The van der Waals surface area contributed by atoms with Crippen molar-refractivity contribution in [2.45, 2.75) is 116 Å². The van der Waals surface area contributed by atoms with E-state index >= 15 is 4.39 Å². The molecule has 3 aromatic rings. The quantitative estimate of drug-likeness (QED) is 0.211. The number of carbonyl (C=O) groups excluding carboxylic acids is 2. The SMILES string of the molecule is CCC1CN(C(=O)OC2CCC(C(=O)N(CC34CCC(c5ccc(OC)c(C)c5)(CC3)CC4)c3cc(-c4cnn(C(C)C)c4)c(F)cn3)CC2)C1. The molecule has 2 aromatic heterocycles. The number of methoxy groups -OCH3 is 1. The summed E-state index contributed by atoms with van der Waals surface area (Å²) in [4.78, 5) is 35.6. The lowest BCUT2D eigenvalue weighted by molar-refractivity contribution is -0.124. The number of rotatable bonds is 10. The average Bonchev–Trinajstić information content (AvgIpc) is 3.62. The number of hydrogen-bond acceptors (Lipinski definition) is 6. The van der Waals surface area contributed by atoms with Crippen molar-refractivity contribution in [2.75, 3.05) is 31.6 Å². The molecular weight excluding hydrogens is 645 g/mol. The van der Waals surface area contributed by atoms with Crippen molar-refractivity contribution >= 4 is 17.8 Å². The first-order chi connectivity index (χ1) is 24.5. The summed E-state index contributed by atoms with van der Waals surface area (Å²) >= 11 is 0. The van der Waals surface area contributed by atoms with Crippen LogP contribution in [0, 0.1) is 30.0 Å². The van der Waals surface area contributed by atoms with Crippen molar-refractivity contribution in [3.63, 3.8) is 0 Å². The Kier molecular flexibility index (Phi) is 9.89. The highest BCUT2D eigenvalue weighted by molar-refractivity contribution is 5.95. The van der Waals surface area contributed by atoms with E-state index < -0.39 is 5.82 Å². The Morgan fingerprint density at radius 1 is 1.02 bits per heavy atom. The number of ether oxygens (including phenoxy) is 2. The summed E-state index contributed by atoms with van der Waals surface area (Å²) < 4.78 is 28.6. The van der Waals surface area contributed by atoms with Crippen LogP contribution in [-0.4, -0.2) is 64.5 Å². The van der Waals surface area contributed by atoms with Crippen LogP contribution in [0.2, 0.25) is 0 Å². The van der Waals surface area contributed by atoms with Gasteiger partial charge in [-0.05, 0) is 131 Å². The first-order valence-electron chi connectivity index (χ1n) is 19.1. The molecule has 1 aliphatic heterocycles. The molecule has 4 saturated carbocycles. The van der Waals surface area contributed by atoms with Crippen LogP contribution in [0.1, 0.15) is 109 Å². The number of aryl methyl sites for hydroxylation is 1. The van der Waals surface area contributed by atoms with Gasteiger partial charge in [0.25, 0.3) is 0 Å². The molecule has 51 heavy (non-hydrogen) atoms. The van der Waals surface area contributed by atoms with E-state index in [1.165, 1.54) is 11.8 Å². The van der Waals surface area contributed by atoms with Gasteiger partial charge in [-0.25, -0.2) is 14.2 Å². The standard InChI is InChI=1S/C41H54FN5O4/c1-6-29-23-45(24-29)39(49)51-33-10-7-30(8-11-33)38(48)46(37-20-34(35(42)22-43-37)31-21-44-47(25-31)27(2)3)26-40-13-16-41(17-14-40,18-15-40)32-9-12-36(50-5)28(4)19-32/h9,12,19-22,25,27,29-30,33H,6-8,10-11,13-18,23-24,26H2,1-5H3. The molecule has 0 unspecified atom stereocenters. The number of benzene rings is 1. The normalized spacial score (nSPS) is 26.2. The fourth-order valence-electron chi connectivity index (χ4n) is 9.15. The predicted octanol–water partition coefficient (Wildman–Crippen LogP) is 8.64. The van der Waals surface area contributed by atoms with Crippen molar-refractivity contribution in [1.82, 2.24) is 19.7 Å². The molecule has 5 fully saturated rings. The maximum absolute atomic E-state index is 15.4. The fourth-order valence-corrected chi connectivity index (χ4v) is 9.15. The van der Waals surface area contributed by atoms with Crippen molar-refractivity contribution < 1.29 is 23.5 Å². The lowest BCUT2D eigenvalue weighted by Gasteiger charge is -2.55. The highest BCUT2D eigenvalue weighted by Gasteiger charge is 2.51. The van der Waals surface area contributed by atoms with E-state index in [0.717, 1.165) is 69.3 Å². The number of pyridine rings is 1. The zero-order chi connectivity index (χ0) is 35.9. The Labute approximate surface area is 301 Å². The van der Waals surface area contributed by atoms with E-state index in [1.807, 2.05) is 29.6 Å². The Morgan fingerprint density at radius 3 is 2.33 bits per heavy atom. The molecule has 2 amide bonds. The van der Waals surface area contributed by atoms with E-state index in [9.17, 15) is 9.59 Å². The van der Waals surface area contributed by atoms with Crippen molar-refractivity contribution in [2.24, 2.45) is 17.3 Å². The maximum Gasteiger partial charge on any atom is 0.410 e. The first-order valence-corrected chi connectivity index (χ1v) is 19.1. The Morgan fingerprint density at radius 2 is 1.73 bits per heavy atom. The number of amides is 2. The summed E-state index contributed by atoms with van der Waals surface area (Å²) in [6.45, 7) is 10.4. The first kappa shape index (κ1) is 35.5. The molecule has 0 N–H and O–H groups in total. The largest absolute Gasteiger partial charge is 0.496 e. The van der Waals surface area contributed by atoms with Gasteiger partial charge in [0.2, 0.25) is 5.91 Å². The number of halogens is 1. The minimum absolute atomic E-state index is 0.0298. The number of nitrogens with zero attached hydrogens (tertiary/aromatic N) is 5. The molecule has 5 aliphatic rings. The number of likely N-dealkylation sites (tertiary alicyclic amines) is 1. The zero-order valence-electron chi connectivity index (χ0n) is 31.0. The van der Waals surface area contributed by atoms with Crippen molar-refractivity contribution in [3.8, 4) is 16.9 Å². The van der Waals surface area contributed by atoms with Gasteiger partial charge in [-0.3, -0.25) is 14.4 Å². The molecule has 3 heterocycles. The maximum atomic E-state index is 15.4. The van der Waals surface area contributed by atoms with Gasteiger partial charge in [0.1, 0.15) is 23.5 Å². The fraction of sp³-hybridized carbons (Fsp3) is 0.610. The second-order valence-electron chi connectivity index (χ2n) is 16.3. The molecule has 0 atom stereocenters. The van der Waals surface area contributed by atoms with Crippen LogP contribution < -0.4 is 9.64 Å². The number of hydrogen-bond donors (Lipinski definition) is 0. The van der Waals surface area contributed by atoms with Crippen LogP contribution in [0.15, 0.2) is 42.9 Å². The lowest BCUT2D eigenvalue weighted by atomic mass is 9.51. The monoisotopic (exact) mass is 699 g/mol.